The highest BCUT2D eigenvalue weighted by Gasteiger charge is 2.08. The lowest BCUT2D eigenvalue weighted by Gasteiger charge is -2.24. The fraction of sp³-hybridized carbons (Fsp3) is 0.375. The van der Waals surface area contributed by atoms with Crippen LogP contribution in [0.3, 0.4) is 0 Å². The maximum absolute atomic E-state index is 13.3. The van der Waals surface area contributed by atoms with E-state index in [1.165, 1.54) is 10.9 Å². The third kappa shape index (κ3) is 4.05. The van der Waals surface area contributed by atoms with Gasteiger partial charge in [-0.2, -0.15) is 0 Å². The number of anilines is 1. The molecule has 1 atom stereocenters. The molecule has 4 heteroatoms. The summed E-state index contributed by atoms with van der Waals surface area (Å²) in [4.78, 5) is 3.52. The summed E-state index contributed by atoms with van der Waals surface area (Å²) < 4.78 is 13.3. The molecular weight excluding hydrogens is 271 g/mol. The van der Waals surface area contributed by atoms with Crippen molar-refractivity contribution in [1.29, 1.82) is 0 Å². The molecular formula is C16H21FN2S. The van der Waals surface area contributed by atoms with Gasteiger partial charge < -0.3 is 10.2 Å². The van der Waals surface area contributed by atoms with Crippen molar-refractivity contribution in [3.05, 3.63) is 52.5 Å². The third-order valence-electron chi connectivity index (χ3n) is 3.36. The summed E-state index contributed by atoms with van der Waals surface area (Å²) in [6.45, 7) is 6.88. The van der Waals surface area contributed by atoms with Crippen molar-refractivity contribution in [2.45, 2.75) is 19.9 Å². The number of nitrogens with zero attached hydrogens (tertiary/aromatic N) is 1. The number of hydrogen-bond donors (Lipinski definition) is 1. The zero-order chi connectivity index (χ0) is 14.4. The minimum atomic E-state index is -0.180. The second-order valence-electron chi connectivity index (χ2n) is 4.75. The van der Waals surface area contributed by atoms with E-state index in [0.29, 0.717) is 6.04 Å². The van der Waals surface area contributed by atoms with Crippen LogP contribution in [0.15, 0.2) is 41.8 Å². The molecule has 0 aliphatic rings. The molecule has 0 aliphatic carbocycles. The molecule has 1 aromatic carbocycles. The Morgan fingerprint density at radius 2 is 2.15 bits per heavy atom. The first-order valence-corrected chi connectivity index (χ1v) is 7.86. The Morgan fingerprint density at radius 3 is 2.80 bits per heavy atom. The highest BCUT2D eigenvalue weighted by atomic mass is 32.1. The van der Waals surface area contributed by atoms with Crippen molar-refractivity contribution in [2.24, 2.45) is 0 Å². The minimum Gasteiger partial charge on any atom is -0.370 e. The van der Waals surface area contributed by atoms with Gasteiger partial charge in [-0.1, -0.05) is 12.1 Å². The van der Waals surface area contributed by atoms with Crippen LogP contribution in [-0.4, -0.2) is 19.6 Å². The molecule has 0 aliphatic heterocycles. The number of hydrogen-bond acceptors (Lipinski definition) is 3. The summed E-state index contributed by atoms with van der Waals surface area (Å²) in [7, 11) is 0. The molecule has 1 N–H and O–H groups in total. The molecule has 1 aromatic heterocycles. The SMILES string of the molecule is CCN(CCNC(C)c1cccs1)c1cccc(F)c1. The van der Waals surface area contributed by atoms with Gasteiger partial charge in [-0.15, -0.1) is 11.3 Å². The molecule has 0 bridgehead atoms. The van der Waals surface area contributed by atoms with E-state index in [4.69, 9.17) is 0 Å². The number of nitrogens with one attached hydrogen (secondary N) is 1. The van der Waals surface area contributed by atoms with Crippen molar-refractivity contribution >= 4 is 17.0 Å². The van der Waals surface area contributed by atoms with Crippen molar-refractivity contribution in [3.63, 3.8) is 0 Å². The number of benzene rings is 1. The standard InChI is InChI=1S/C16H21FN2S/c1-3-19(15-7-4-6-14(17)12-15)10-9-18-13(2)16-8-5-11-20-16/h4-8,11-13,18H,3,9-10H2,1-2H3. The van der Waals surface area contributed by atoms with Gasteiger partial charge in [0, 0.05) is 36.2 Å². The quantitative estimate of drug-likeness (QED) is 0.827. The molecule has 1 heterocycles. The molecule has 2 aromatic rings. The molecule has 0 fully saturated rings. The van der Waals surface area contributed by atoms with Crippen molar-refractivity contribution < 1.29 is 4.39 Å². The van der Waals surface area contributed by atoms with Crippen LogP contribution in [0.1, 0.15) is 24.8 Å². The van der Waals surface area contributed by atoms with E-state index in [9.17, 15) is 4.39 Å². The van der Waals surface area contributed by atoms with E-state index in [1.54, 1.807) is 23.5 Å². The zero-order valence-corrected chi connectivity index (χ0v) is 12.8. The Hall–Kier alpha value is -1.39. The van der Waals surface area contributed by atoms with Gasteiger partial charge in [0.2, 0.25) is 0 Å². The van der Waals surface area contributed by atoms with Gasteiger partial charge in [-0.3, -0.25) is 0 Å². The van der Waals surface area contributed by atoms with E-state index >= 15 is 0 Å². The summed E-state index contributed by atoms with van der Waals surface area (Å²) in [5, 5.41) is 5.61. The fourth-order valence-corrected chi connectivity index (χ4v) is 2.96. The van der Waals surface area contributed by atoms with Gasteiger partial charge >= 0.3 is 0 Å². The van der Waals surface area contributed by atoms with Crippen LogP contribution in [-0.2, 0) is 0 Å². The van der Waals surface area contributed by atoms with E-state index in [2.05, 4.69) is 41.6 Å². The van der Waals surface area contributed by atoms with Gasteiger partial charge in [0.1, 0.15) is 5.82 Å². The maximum atomic E-state index is 13.3. The second-order valence-corrected chi connectivity index (χ2v) is 5.73. The van der Waals surface area contributed by atoms with Crippen LogP contribution in [0.4, 0.5) is 10.1 Å². The molecule has 1 unspecified atom stereocenters. The molecule has 20 heavy (non-hydrogen) atoms. The highest BCUT2D eigenvalue weighted by Crippen LogP contribution is 2.18. The Labute approximate surface area is 124 Å². The predicted octanol–water partition coefficient (Wildman–Crippen LogP) is 4.06. The normalized spacial score (nSPS) is 12.3. The summed E-state index contributed by atoms with van der Waals surface area (Å²) >= 11 is 1.77. The monoisotopic (exact) mass is 292 g/mol. The summed E-state index contributed by atoms with van der Waals surface area (Å²) in [6.07, 6.45) is 0. The molecule has 0 saturated heterocycles. The number of rotatable bonds is 7. The average Bonchev–Trinajstić information content (AvgIpc) is 2.97. The summed E-state index contributed by atoms with van der Waals surface area (Å²) in [5.74, 6) is -0.180. The first-order chi connectivity index (χ1) is 9.70. The molecule has 108 valence electrons. The molecule has 0 saturated carbocycles. The Morgan fingerprint density at radius 1 is 1.30 bits per heavy atom. The van der Waals surface area contributed by atoms with E-state index in [0.717, 1.165) is 25.3 Å². The van der Waals surface area contributed by atoms with Crippen molar-refractivity contribution in [3.8, 4) is 0 Å². The first kappa shape index (κ1) is 15.0. The number of likely N-dealkylation sites (N-methyl/N-ethyl adjacent to an activating group) is 1. The Bertz CT molecular complexity index is 513. The van der Waals surface area contributed by atoms with Gasteiger partial charge in [0.25, 0.3) is 0 Å². The van der Waals surface area contributed by atoms with Gasteiger partial charge in [-0.05, 0) is 43.5 Å². The lowest BCUT2D eigenvalue weighted by atomic mass is 10.2. The van der Waals surface area contributed by atoms with E-state index in [1.807, 2.05) is 6.07 Å². The van der Waals surface area contributed by atoms with Crippen molar-refractivity contribution in [1.82, 2.24) is 5.32 Å². The first-order valence-electron chi connectivity index (χ1n) is 6.98. The van der Waals surface area contributed by atoms with Crippen LogP contribution >= 0.6 is 11.3 Å². The lowest BCUT2D eigenvalue weighted by molar-refractivity contribution is 0.577. The van der Waals surface area contributed by atoms with Crippen LogP contribution in [0.5, 0.6) is 0 Å². The van der Waals surface area contributed by atoms with Crippen LogP contribution in [0, 0.1) is 5.82 Å². The fourth-order valence-electron chi connectivity index (χ4n) is 2.20. The Kier molecular flexibility index (Phi) is 5.56. The smallest absolute Gasteiger partial charge is 0.125 e. The van der Waals surface area contributed by atoms with Crippen LogP contribution < -0.4 is 10.2 Å². The highest BCUT2D eigenvalue weighted by molar-refractivity contribution is 7.10. The third-order valence-corrected chi connectivity index (χ3v) is 4.41. The zero-order valence-electron chi connectivity index (χ0n) is 12.0. The topological polar surface area (TPSA) is 15.3 Å². The lowest BCUT2D eigenvalue weighted by Crippen LogP contribution is -2.33. The van der Waals surface area contributed by atoms with E-state index in [-0.39, 0.29) is 5.82 Å². The van der Waals surface area contributed by atoms with Crippen LogP contribution in [0.2, 0.25) is 0 Å². The predicted molar refractivity (Wildman–Crippen MR) is 85.0 cm³/mol. The molecule has 0 amide bonds. The van der Waals surface area contributed by atoms with Gasteiger partial charge in [0.05, 0.1) is 0 Å². The second kappa shape index (κ2) is 7.41. The van der Waals surface area contributed by atoms with Crippen molar-refractivity contribution in [2.75, 3.05) is 24.5 Å². The molecule has 0 radical (unpaired) electrons. The van der Waals surface area contributed by atoms with Gasteiger partial charge in [0.15, 0.2) is 0 Å². The average molecular weight is 292 g/mol. The largest absolute Gasteiger partial charge is 0.370 e. The van der Waals surface area contributed by atoms with Crippen LogP contribution in [0.25, 0.3) is 0 Å². The number of halogens is 1. The maximum Gasteiger partial charge on any atom is 0.125 e. The Balaban J connectivity index is 1.85. The minimum absolute atomic E-state index is 0.180. The molecule has 0 spiro atoms. The van der Waals surface area contributed by atoms with E-state index < -0.39 is 0 Å². The molecule has 2 nitrogen and oxygen atoms in total. The summed E-state index contributed by atoms with van der Waals surface area (Å²) in [5.41, 5.74) is 0.943. The number of thiophene rings is 1. The van der Waals surface area contributed by atoms with Gasteiger partial charge in [-0.25, -0.2) is 4.39 Å². The summed E-state index contributed by atoms with van der Waals surface area (Å²) in [6, 6.07) is 11.4. The molecule has 2 rings (SSSR count).